The van der Waals surface area contributed by atoms with Gasteiger partial charge in [0.25, 0.3) is 11.8 Å². The van der Waals surface area contributed by atoms with Crippen molar-refractivity contribution >= 4 is 46.5 Å². The van der Waals surface area contributed by atoms with Gasteiger partial charge in [-0.25, -0.2) is 8.78 Å². The molecule has 0 saturated heterocycles. The van der Waals surface area contributed by atoms with Crippen molar-refractivity contribution in [3.63, 3.8) is 0 Å². The molecular weight excluding hydrogens is 669 g/mol. The van der Waals surface area contributed by atoms with Gasteiger partial charge in [0.15, 0.2) is 0 Å². The molecule has 0 aliphatic rings. The Bertz CT molecular complexity index is 1450. The van der Waals surface area contributed by atoms with Crippen molar-refractivity contribution in [2.75, 3.05) is 10.6 Å². The minimum absolute atomic E-state index is 0.133. The van der Waals surface area contributed by atoms with E-state index in [0.717, 1.165) is 36.4 Å². The van der Waals surface area contributed by atoms with Crippen LogP contribution >= 0.6 is 23.3 Å². The molecule has 1 unspecified atom stereocenters. The molecule has 3 aromatic rings. The predicted molar refractivity (Wildman–Crippen MR) is 132 cm³/mol. The van der Waals surface area contributed by atoms with Crippen LogP contribution in [0.1, 0.15) is 20.7 Å². The molecule has 2 N–H and O–H groups in total. The third kappa shape index (κ3) is 5.86. The van der Waals surface area contributed by atoms with E-state index in [0.29, 0.717) is 12.1 Å². The summed E-state index contributed by atoms with van der Waals surface area (Å²) in [6.45, 7) is 0. The molecule has 0 radical (unpaired) electrons. The van der Waals surface area contributed by atoms with Crippen molar-refractivity contribution in [1.29, 1.82) is 0 Å². The summed E-state index contributed by atoms with van der Waals surface area (Å²) in [4.78, 5) is 23.3. The fraction of sp³-hybridized carbons (Fsp3) is 0.167. The van der Waals surface area contributed by atoms with Crippen LogP contribution in [0.15, 0.2) is 77.7 Å². The Labute approximate surface area is 232 Å². The molecule has 4 nitrogen and oxygen atoms in total. The number of carbonyl (C=O) groups is 2. The van der Waals surface area contributed by atoms with Crippen molar-refractivity contribution in [2.24, 2.45) is 0 Å². The van der Waals surface area contributed by atoms with Crippen LogP contribution in [-0.2, 0) is 0 Å². The van der Waals surface area contributed by atoms with Gasteiger partial charge in [0.1, 0.15) is 5.82 Å². The third-order valence-electron chi connectivity index (χ3n) is 5.38. The lowest BCUT2D eigenvalue weighted by Gasteiger charge is -2.47. The number of hydrogen-bond acceptors (Lipinski definition) is 2. The van der Waals surface area contributed by atoms with Crippen LogP contribution in [0.5, 0.6) is 0 Å². The molecule has 2 amide bonds. The maximum absolute atomic E-state index is 15.1. The zero-order chi connectivity index (χ0) is 31.0. The van der Waals surface area contributed by atoms with Crippen molar-refractivity contribution in [3.8, 4) is 0 Å². The van der Waals surface area contributed by atoms with Crippen molar-refractivity contribution in [1.82, 2.24) is 0 Å². The standard InChI is InChI=1S/C24H14BrF11N2O2S/c25-41(24(34,35)36,21(27,22(28,29)30)23(31,32)33)18-11-4-3-10-17(18)38-19(39)13-6-5-7-14(12-13)37-20(40)15-8-1-2-9-16(15)26/h1-12H,(H,37,40)(H,38,39). The molecule has 3 aromatic carbocycles. The summed E-state index contributed by atoms with van der Waals surface area (Å²) < 4.78 is 152. The average Bonchev–Trinajstić information content (AvgIpc) is 2.86. The van der Waals surface area contributed by atoms with Crippen molar-refractivity contribution < 1.29 is 57.9 Å². The Morgan fingerprint density at radius 3 is 1.80 bits per heavy atom. The molecule has 41 heavy (non-hydrogen) atoms. The molecule has 0 heterocycles. The van der Waals surface area contributed by atoms with E-state index >= 15 is 4.39 Å². The number of alkyl halides is 10. The Kier molecular flexibility index (Phi) is 8.75. The number of amides is 2. The zero-order valence-electron chi connectivity index (χ0n) is 19.7. The van der Waals surface area contributed by atoms with Crippen LogP contribution < -0.4 is 10.6 Å². The number of hydrogen-bond donors (Lipinski definition) is 2. The fourth-order valence-corrected chi connectivity index (χ4v) is 7.65. The lowest BCUT2D eigenvalue weighted by atomic mass is 10.1. The topological polar surface area (TPSA) is 58.2 Å². The second kappa shape index (κ2) is 11.2. The normalized spacial score (nSPS) is 15.0. The van der Waals surface area contributed by atoms with Crippen molar-refractivity contribution in [2.45, 2.75) is 27.8 Å². The Balaban J connectivity index is 2.04. The molecule has 0 aliphatic carbocycles. The van der Waals surface area contributed by atoms with Crippen LogP contribution in [0, 0.1) is 5.82 Å². The minimum atomic E-state index is -7.10. The molecule has 3 rings (SSSR count). The van der Waals surface area contributed by atoms with E-state index in [1.165, 1.54) is 33.0 Å². The van der Waals surface area contributed by atoms with E-state index in [-0.39, 0.29) is 17.3 Å². The van der Waals surface area contributed by atoms with E-state index in [1.807, 2.05) is 0 Å². The second-order valence-electron chi connectivity index (χ2n) is 8.04. The molecule has 222 valence electrons. The molecule has 0 aliphatic heterocycles. The highest BCUT2D eigenvalue weighted by atomic mass is 79.9. The number of para-hydroxylation sites is 1. The summed E-state index contributed by atoms with van der Waals surface area (Å²) in [5, 5.41) is -2.80. The average molecular weight is 683 g/mol. The summed E-state index contributed by atoms with van der Waals surface area (Å²) in [6.07, 6.45) is -14.2. The maximum Gasteiger partial charge on any atom is 0.441 e. The van der Waals surface area contributed by atoms with Gasteiger partial charge in [-0.2, -0.15) is 39.5 Å². The van der Waals surface area contributed by atoms with E-state index in [9.17, 15) is 53.5 Å². The number of rotatable bonds is 6. The second-order valence-corrected chi connectivity index (χ2v) is 13.5. The van der Waals surface area contributed by atoms with Gasteiger partial charge in [0.2, 0.25) is 0 Å². The van der Waals surface area contributed by atoms with Gasteiger partial charge < -0.3 is 10.6 Å². The quantitative estimate of drug-likeness (QED) is 0.255. The molecule has 0 bridgehead atoms. The molecule has 17 heteroatoms. The highest BCUT2D eigenvalue weighted by Gasteiger charge is 2.85. The first kappa shape index (κ1) is 32.2. The Morgan fingerprint density at radius 1 is 0.683 bits per heavy atom. The first-order chi connectivity index (χ1) is 18.8. The first-order valence-electron chi connectivity index (χ1n) is 10.7. The SMILES string of the molecule is O=C(Nc1ccccc1S(Br)(C(F)(F)F)C(F)(C(F)(F)F)C(F)(F)F)c1cccc(NC(=O)c2ccccc2F)c1. The van der Waals surface area contributed by atoms with E-state index < -0.39 is 65.1 Å². The number of benzene rings is 3. The van der Waals surface area contributed by atoms with Gasteiger partial charge in [0, 0.05) is 16.1 Å². The van der Waals surface area contributed by atoms with Gasteiger partial charge >= 0.3 is 22.9 Å². The minimum Gasteiger partial charge on any atom is -0.322 e. The van der Waals surface area contributed by atoms with Gasteiger partial charge in [0.05, 0.1) is 11.3 Å². The van der Waals surface area contributed by atoms with Gasteiger partial charge in [-0.3, -0.25) is 9.59 Å². The Morgan fingerprint density at radius 2 is 1.24 bits per heavy atom. The van der Waals surface area contributed by atoms with E-state index in [2.05, 4.69) is 5.32 Å². The lowest BCUT2D eigenvalue weighted by Crippen LogP contribution is -2.57. The lowest BCUT2D eigenvalue weighted by molar-refractivity contribution is -0.306. The third-order valence-corrected chi connectivity index (χ3v) is 11.7. The number of nitrogens with one attached hydrogen (secondary N) is 2. The predicted octanol–water partition coefficient (Wildman–Crippen LogP) is 9.11. The van der Waals surface area contributed by atoms with Crippen LogP contribution in [0.3, 0.4) is 0 Å². The van der Waals surface area contributed by atoms with E-state index in [4.69, 9.17) is 0 Å². The van der Waals surface area contributed by atoms with Crippen molar-refractivity contribution in [3.05, 3.63) is 89.7 Å². The highest BCUT2D eigenvalue weighted by molar-refractivity contribution is 9.58. The number of carbonyl (C=O) groups excluding carboxylic acids is 2. The largest absolute Gasteiger partial charge is 0.441 e. The molecule has 0 saturated carbocycles. The van der Waals surface area contributed by atoms with Crippen LogP contribution in [0.4, 0.5) is 59.7 Å². The first-order valence-corrected chi connectivity index (χ1v) is 14.2. The molecule has 0 spiro atoms. The maximum atomic E-state index is 15.1. The van der Waals surface area contributed by atoms with Gasteiger partial charge in [-0.1, -0.05) is 30.3 Å². The monoisotopic (exact) mass is 682 g/mol. The number of anilines is 2. The molecule has 0 fully saturated rings. The zero-order valence-corrected chi connectivity index (χ0v) is 22.1. The fourth-order valence-electron chi connectivity index (χ4n) is 3.51. The number of halogens is 12. The summed E-state index contributed by atoms with van der Waals surface area (Å²) in [6, 6.07) is 11.4. The molecule has 0 aromatic heterocycles. The molecular formula is C24H14BrF11N2O2S. The summed E-state index contributed by atoms with van der Waals surface area (Å²) >= 11 is 1.49. The van der Waals surface area contributed by atoms with Gasteiger partial charge in [-0.05, 0) is 65.7 Å². The summed E-state index contributed by atoms with van der Waals surface area (Å²) in [5.74, 6) is -3.19. The summed E-state index contributed by atoms with van der Waals surface area (Å²) in [5.41, 5.74) is -8.65. The Hall–Kier alpha value is -3.34. The molecule has 1 atom stereocenters. The van der Waals surface area contributed by atoms with Crippen LogP contribution in [0.2, 0.25) is 0 Å². The summed E-state index contributed by atoms with van der Waals surface area (Å²) in [7, 11) is -6.72. The van der Waals surface area contributed by atoms with E-state index in [1.54, 1.807) is 5.32 Å². The highest BCUT2D eigenvalue weighted by Crippen LogP contribution is 2.86. The van der Waals surface area contributed by atoms with Crippen LogP contribution in [-0.4, -0.2) is 34.7 Å². The van der Waals surface area contributed by atoms with Gasteiger partial charge in [-0.15, -0.1) is 0 Å². The van der Waals surface area contributed by atoms with Crippen LogP contribution in [0.25, 0.3) is 0 Å². The smallest absolute Gasteiger partial charge is 0.322 e.